The molecule has 1 unspecified atom stereocenters. The van der Waals surface area contributed by atoms with Crippen molar-refractivity contribution < 1.29 is 9.53 Å². The molecule has 26 heavy (non-hydrogen) atoms. The van der Waals surface area contributed by atoms with Gasteiger partial charge in [0, 0.05) is 17.4 Å². The molecule has 1 amide bonds. The van der Waals surface area contributed by atoms with Crippen LogP contribution in [0, 0.1) is 20.8 Å². The molecule has 1 N–H and O–H groups in total. The van der Waals surface area contributed by atoms with Crippen LogP contribution in [-0.2, 0) is 0 Å². The van der Waals surface area contributed by atoms with Gasteiger partial charge < -0.3 is 14.6 Å². The number of nitrogens with zero attached hydrogens (tertiary/aromatic N) is 1. The van der Waals surface area contributed by atoms with Crippen LogP contribution in [0.5, 0.6) is 5.75 Å². The van der Waals surface area contributed by atoms with Gasteiger partial charge >= 0.3 is 0 Å². The molecule has 0 saturated carbocycles. The second-order valence-electron chi connectivity index (χ2n) is 7.15. The van der Waals surface area contributed by atoms with E-state index < -0.39 is 0 Å². The molecular formula is C22H24N2O2. The summed E-state index contributed by atoms with van der Waals surface area (Å²) in [5.41, 5.74) is 6.33. The van der Waals surface area contributed by atoms with Crippen molar-refractivity contribution >= 4 is 16.8 Å². The number of hydrogen-bond acceptors (Lipinski definition) is 2. The van der Waals surface area contributed by atoms with Crippen molar-refractivity contribution in [1.82, 2.24) is 9.88 Å². The third-order valence-electron chi connectivity index (χ3n) is 5.59. The quantitative estimate of drug-likeness (QED) is 0.746. The maximum atomic E-state index is 13.2. The van der Waals surface area contributed by atoms with Gasteiger partial charge in [0.05, 0.1) is 13.2 Å². The Morgan fingerprint density at radius 3 is 2.58 bits per heavy atom. The number of H-pyrrole nitrogens is 1. The Hall–Kier alpha value is -2.75. The average molecular weight is 348 g/mol. The normalized spacial score (nSPS) is 16.6. The number of carbonyl (C=O) groups excluding carboxylic acids is 1. The SMILES string of the molecule is COc1cccc(C2CCN2C(=O)c2[nH]c3c(C)ccc(C)c3c2C)c1. The number of aromatic amines is 1. The Kier molecular flexibility index (Phi) is 3.98. The first-order valence-corrected chi connectivity index (χ1v) is 9.04. The number of amides is 1. The molecule has 1 aliphatic heterocycles. The van der Waals surface area contributed by atoms with E-state index in [1.54, 1.807) is 7.11 Å². The molecule has 4 nitrogen and oxygen atoms in total. The monoisotopic (exact) mass is 348 g/mol. The van der Waals surface area contributed by atoms with Crippen molar-refractivity contribution in [3.8, 4) is 5.75 Å². The molecule has 3 aromatic rings. The van der Waals surface area contributed by atoms with Crippen LogP contribution >= 0.6 is 0 Å². The fraction of sp³-hybridized carbons (Fsp3) is 0.318. The van der Waals surface area contributed by atoms with Crippen molar-refractivity contribution in [3.05, 3.63) is 64.3 Å². The highest BCUT2D eigenvalue weighted by Crippen LogP contribution is 2.37. The van der Waals surface area contributed by atoms with Gasteiger partial charge in [0.1, 0.15) is 11.4 Å². The average Bonchev–Trinajstić information content (AvgIpc) is 2.96. The van der Waals surface area contributed by atoms with E-state index in [0.29, 0.717) is 5.69 Å². The molecule has 1 fully saturated rings. The number of ether oxygens (including phenoxy) is 1. The van der Waals surface area contributed by atoms with E-state index in [0.717, 1.165) is 35.4 Å². The lowest BCUT2D eigenvalue weighted by Gasteiger charge is -2.41. The Bertz CT molecular complexity index is 1000. The first kappa shape index (κ1) is 16.7. The zero-order valence-corrected chi connectivity index (χ0v) is 15.7. The van der Waals surface area contributed by atoms with E-state index in [-0.39, 0.29) is 11.9 Å². The highest BCUT2D eigenvalue weighted by molar-refractivity contribution is 6.03. The number of hydrogen-bond donors (Lipinski definition) is 1. The molecular weight excluding hydrogens is 324 g/mol. The number of methoxy groups -OCH3 is 1. The Balaban J connectivity index is 1.70. The maximum absolute atomic E-state index is 13.2. The van der Waals surface area contributed by atoms with E-state index in [1.165, 1.54) is 16.5 Å². The number of aryl methyl sites for hydroxylation is 3. The lowest BCUT2D eigenvalue weighted by molar-refractivity contribution is 0.0454. The number of likely N-dealkylation sites (tertiary alicyclic amines) is 1. The van der Waals surface area contributed by atoms with E-state index in [2.05, 4.69) is 37.0 Å². The molecule has 1 atom stereocenters. The molecule has 0 bridgehead atoms. The Labute approximate surface area is 153 Å². The fourth-order valence-corrected chi connectivity index (χ4v) is 3.98. The van der Waals surface area contributed by atoms with Gasteiger partial charge in [0.25, 0.3) is 5.91 Å². The largest absolute Gasteiger partial charge is 0.497 e. The summed E-state index contributed by atoms with van der Waals surface area (Å²) >= 11 is 0. The molecule has 134 valence electrons. The van der Waals surface area contributed by atoms with Crippen LogP contribution in [0.2, 0.25) is 0 Å². The highest BCUT2D eigenvalue weighted by Gasteiger charge is 2.35. The van der Waals surface area contributed by atoms with Crippen molar-refractivity contribution in [2.75, 3.05) is 13.7 Å². The van der Waals surface area contributed by atoms with Gasteiger partial charge in [-0.15, -0.1) is 0 Å². The first-order chi connectivity index (χ1) is 12.5. The minimum atomic E-state index is 0.0802. The summed E-state index contributed by atoms with van der Waals surface area (Å²) in [5, 5.41) is 1.17. The molecule has 0 radical (unpaired) electrons. The molecule has 1 aliphatic rings. The molecule has 1 aromatic heterocycles. The summed E-state index contributed by atoms with van der Waals surface area (Å²) in [6, 6.07) is 12.3. The topological polar surface area (TPSA) is 45.3 Å². The van der Waals surface area contributed by atoms with Gasteiger partial charge in [-0.3, -0.25) is 4.79 Å². The molecule has 4 heteroatoms. The van der Waals surface area contributed by atoms with Gasteiger partial charge in [-0.05, 0) is 61.6 Å². The Morgan fingerprint density at radius 1 is 1.15 bits per heavy atom. The summed E-state index contributed by atoms with van der Waals surface area (Å²) in [7, 11) is 1.67. The second-order valence-corrected chi connectivity index (χ2v) is 7.15. The lowest BCUT2D eigenvalue weighted by atomic mass is 9.93. The number of nitrogens with one attached hydrogen (secondary N) is 1. The molecule has 2 heterocycles. The van der Waals surface area contributed by atoms with Crippen LogP contribution in [-0.4, -0.2) is 29.4 Å². The maximum Gasteiger partial charge on any atom is 0.271 e. The highest BCUT2D eigenvalue weighted by atomic mass is 16.5. The van der Waals surface area contributed by atoms with Crippen molar-refractivity contribution in [3.63, 3.8) is 0 Å². The number of fused-ring (bicyclic) bond motifs is 1. The van der Waals surface area contributed by atoms with E-state index in [9.17, 15) is 4.79 Å². The first-order valence-electron chi connectivity index (χ1n) is 9.04. The van der Waals surface area contributed by atoms with Crippen LogP contribution in [0.15, 0.2) is 36.4 Å². The van der Waals surface area contributed by atoms with Gasteiger partial charge in [0.15, 0.2) is 0 Å². The van der Waals surface area contributed by atoms with E-state index >= 15 is 0 Å². The summed E-state index contributed by atoms with van der Waals surface area (Å²) in [6.45, 7) is 7.00. The minimum Gasteiger partial charge on any atom is -0.497 e. The molecule has 4 rings (SSSR count). The smallest absolute Gasteiger partial charge is 0.271 e. The van der Waals surface area contributed by atoms with E-state index in [1.807, 2.05) is 30.0 Å². The fourth-order valence-electron chi connectivity index (χ4n) is 3.98. The summed E-state index contributed by atoms with van der Waals surface area (Å²) in [6.07, 6.45) is 0.982. The number of aromatic nitrogens is 1. The Morgan fingerprint density at radius 2 is 1.92 bits per heavy atom. The lowest BCUT2D eigenvalue weighted by Crippen LogP contribution is -2.45. The van der Waals surface area contributed by atoms with Gasteiger partial charge in [-0.2, -0.15) is 0 Å². The van der Waals surface area contributed by atoms with Gasteiger partial charge in [0.2, 0.25) is 0 Å². The van der Waals surface area contributed by atoms with Crippen LogP contribution in [0.3, 0.4) is 0 Å². The number of rotatable bonds is 3. The standard InChI is InChI=1S/C22H24N2O2/c1-13-8-9-14(2)20-19(13)15(3)21(23-20)22(25)24-11-10-18(24)16-6-5-7-17(12-16)26-4/h5-9,12,18,23H,10-11H2,1-4H3. The van der Waals surface area contributed by atoms with Crippen LogP contribution < -0.4 is 4.74 Å². The summed E-state index contributed by atoms with van der Waals surface area (Å²) < 4.78 is 5.33. The van der Waals surface area contributed by atoms with Crippen molar-refractivity contribution in [1.29, 1.82) is 0 Å². The van der Waals surface area contributed by atoms with Crippen molar-refractivity contribution in [2.45, 2.75) is 33.2 Å². The molecule has 0 aliphatic carbocycles. The number of carbonyl (C=O) groups is 1. The van der Waals surface area contributed by atoms with Crippen LogP contribution in [0.25, 0.3) is 10.9 Å². The third kappa shape index (κ3) is 2.48. The predicted octanol–water partition coefficient (Wildman–Crippen LogP) is 4.69. The van der Waals surface area contributed by atoms with Crippen LogP contribution in [0.4, 0.5) is 0 Å². The van der Waals surface area contributed by atoms with Gasteiger partial charge in [-0.25, -0.2) is 0 Å². The molecule has 2 aromatic carbocycles. The van der Waals surface area contributed by atoms with Crippen LogP contribution in [0.1, 0.15) is 45.2 Å². The van der Waals surface area contributed by atoms with Gasteiger partial charge in [-0.1, -0.05) is 24.3 Å². The predicted molar refractivity (Wildman–Crippen MR) is 104 cm³/mol. The zero-order chi connectivity index (χ0) is 18.4. The van der Waals surface area contributed by atoms with Crippen molar-refractivity contribution in [2.24, 2.45) is 0 Å². The number of benzene rings is 2. The summed E-state index contributed by atoms with van der Waals surface area (Å²) in [4.78, 5) is 18.6. The zero-order valence-electron chi connectivity index (χ0n) is 15.7. The molecule has 1 saturated heterocycles. The molecule has 0 spiro atoms. The summed E-state index contributed by atoms with van der Waals surface area (Å²) in [5.74, 6) is 0.909. The second kappa shape index (κ2) is 6.20. The van der Waals surface area contributed by atoms with E-state index in [4.69, 9.17) is 4.74 Å². The third-order valence-corrected chi connectivity index (χ3v) is 5.59. The minimum absolute atomic E-state index is 0.0802.